The maximum Gasteiger partial charge on any atom is 0.241 e. The molecule has 2 unspecified atom stereocenters. The molecule has 1 aliphatic heterocycles. The van der Waals surface area contributed by atoms with Gasteiger partial charge in [0, 0.05) is 12.0 Å². The van der Waals surface area contributed by atoms with Gasteiger partial charge in [-0.15, -0.1) is 0 Å². The number of aryl methyl sites for hydroxylation is 1. The minimum atomic E-state index is -0.611. The fraction of sp³-hybridized carbons (Fsp3) is 0.394. The molecule has 0 saturated carbocycles. The quantitative estimate of drug-likeness (QED) is 0.193. The van der Waals surface area contributed by atoms with E-state index < -0.39 is 12.4 Å². The smallest absolute Gasteiger partial charge is 0.241 e. The van der Waals surface area contributed by atoms with E-state index in [0.717, 1.165) is 35.2 Å². The molecular formula is C33H41NO9. The first-order valence-electron chi connectivity index (χ1n) is 14.1. The molecule has 43 heavy (non-hydrogen) atoms. The van der Waals surface area contributed by atoms with Crippen molar-refractivity contribution in [1.82, 2.24) is 5.48 Å². The highest BCUT2D eigenvalue weighted by Crippen LogP contribution is 2.45. The molecular weight excluding hydrogens is 554 g/mol. The lowest BCUT2D eigenvalue weighted by Crippen LogP contribution is -2.25. The summed E-state index contributed by atoms with van der Waals surface area (Å²) in [5.41, 5.74) is 6.40. The van der Waals surface area contributed by atoms with Gasteiger partial charge in [-0.3, -0.25) is 10.3 Å². The summed E-state index contributed by atoms with van der Waals surface area (Å²) in [5.74, 6) is 4.21. The Balaban J connectivity index is 1.65. The molecule has 0 aliphatic carbocycles. The van der Waals surface area contributed by atoms with Crippen LogP contribution in [0.25, 0.3) is 5.70 Å². The zero-order chi connectivity index (χ0) is 30.9. The van der Waals surface area contributed by atoms with Crippen LogP contribution in [0.3, 0.4) is 0 Å². The summed E-state index contributed by atoms with van der Waals surface area (Å²) >= 11 is 0. The molecule has 1 N–H and O–H groups in total. The Kier molecular flexibility index (Phi) is 10.7. The van der Waals surface area contributed by atoms with E-state index in [1.807, 2.05) is 55.5 Å². The Bertz CT molecular complexity index is 1370. The van der Waals surface area contributed by atoms with Crippen molar-refractivity contribution in [2.75, 3.05) is 42.7 Å². The van der Waals surface area contributed by atoms with Crippen LogP contribution in [0.4, 0.5) is 0 Å². The average molecular weight is 596 g/mol. The molecule has 0 bridgehead atoms. The van der Waals surface area contributed by atoms with Crippen LogP contribution in [0.15, 0.2) is 48.5 Å². The maximum absolute atomic E-state index is 6.45. The van der Waals surface area contributed by atoms with E-state index >= 15 is 0 Å². The second-order valence-corrected chi connectivity index (χ2v) is 9.85. The van der Waals surface area contributed by atoms with E-state index in [1.54, 1.807) is 42.7 Å². The Morgan fingerprint density at radius 3 is 1.86 bits per heavy atom. The first kappa shape index (κ1) is 31.5. The predicted molar refractivity (Wildman–Crippen MR) is 163 cm³/mol. The van der Waals surface area contributed by atoms with Gasteiger partial charge in [-0.2, -0.15) is 0 Å². The van der Waals surface area contributed by atoms with Gasteiger partial charge >= 0.3 is 0 Å². The number of hydrogen-bond donors (Lipinski definition) is 1. The number of hydrogen-bond acceptors (Lipinski definition) is 10. The Morgan fingerprint density at radius 1 is 0.698 bits per heavy atom. The van der Waals surface area contributed by atoms with Gasteiger partial charge in [0.05, 0.1) is 48.4 Å². The minimum Gasteiger partial charge on any atom is -0.493 e. The lowest BCUT2D eigenvalue weighted by atomic mass is 10.0. The molecule has 0 saturated heterocycles. The van der Waals surface area contributed by atoms with Crippen LogP contribution in [0.5, 0.6) is 46.0 Å². The highest BCUT2D eigenvalue weighted by Gasteiger charge is 2.27. The fourth-order valence-corrected chi connectivity index (χ4v) is 4.74. The van der Waals surface area contributed by atoms with E-state index in [2.05, 4.69) is 12.4 Å². The second-order valence-electron chi connectivity index (χ2n) is 9.85. The topological polar surface area (TPSA) is 95.1 Å². The van der Waals surface area contributed by atoms with Crippen molar-refractivity contribution in [3.05, 3.63) is 65.2 Å². The SMILES string of the molecule is CCCCC(Oc1cc(C)ccc1OC)Oc1c(OC)cc(C2C=C(c3cc(OC)c(OC)c(OC)c3)NO2)cc1OC. The van der Waals surface area contributed by atoms with E-state index in [-0.39, 0.29) is 0 Å². The van der Waals surface area contributed by atoms with E-state index in [0.29, 0.717) is 52.4 Å². The minimum absolute atomic E-state index is 0.432. The molecule has 10 nitrogen and oxygen atoms in total. The summed E-state index contributed by atoms with van der Waals surface area (Å²) in [6, 6.07) is 13.2. The van der Waals surface area contributed by atoms with Crippen molar-refractivity contribution in [2.45, 2.75) is 45.5 Å². The van der Waals surface area contributed by atoms with Crippen LogP contribution in [-0.2, 0) is 4.84 Å². The summed E-state index contributed by atoms with van der Waals surface area (Å²) in [7, 11) is 9.51. The summed E-state index contributed by atoms with van der Waals surface area (Å²) in [5, 5.41) is 0. The third-order valence-electron chi connectivity index (χ3n) is 7.02. The Labute approximate surface area is 253 Å². The van der Waals surface area contributed by atoms with Gasteiger partial charge in [0.2, 0.25) is 17.8 Å². The third-order valence-corrected chi connectivity index (χ3v) is 7.02. The van der Waals surface area contributed by atoms with Crippen LogP contribution in [0.1, 0.15) is 49.0 Å². The number of benzene rings is 3. The summed E-state index contributed by atoms with van der Waals surface area (Å²) < 4.78 is 46.3. The molecule has 3 aromatic carbocycles. The zero-order valence-corrected chi connectivity index (χ0v) is 26.1. The van der Waals surface area contributed by atoms with Gasteiger partial charge < -0.3 is 37.9 Å². The zero-order valence-electron chi connectivity index (χ0n) is 26.1. The highest BCUT2D eigenvalue weighted by molar-refractivity contribution is 5.71. The number of ether oxygens (including phenoxy) is 8. The van der Waals surface area contributed by atoms with Crippen LogP contribution in [-0.4, -0.2) is 48.9 Å². The van der Waals surface area contributed by atoms with Crippen molar-refractivity contribution in [3.63, 3.8) is 0 Å². The average Bonchev–Trinajstić information content (AvgIpc) is 3.53. The van der Waals surface area contributed by atoms with Crippen LogP contribution in [0, 0.1) is 6.92 Å². The first-order chi connectivity index (χ1) is 20.9. The summed E-state index contributed by atoms with van der Waals surface area (Å²) in [4.78, 5) is 5.95. The van der Waals surface area contributed by atoms with Gasteiger partial charge in [-0.1, -0.05) is 19.4 Å². The van der Waals surface area contributed by atoms with Crippen LogP contribution < -0.4 is 43.4 Å². The summed E-state index contributed by atoms with van der Waals surface area (Å²) in [6.45, 7) is 4.12. The van der Waals surface area contributed by atoms with Gasteiger partial charge in [-0.25, -0.2) is 0 Å². The van der Waals surface area contributed by atoms with Crippen molar-refractivity contribution in [1.29, 1.82) is 0 Å². The van der Waals surface area contributed by atoms with E-state index in [9.17, 15) is 0 Å². The number of rotatable bonds is 15. The molecule has 3 aromatic rings. The van der Waals surface area contributed by atoms with Gasteiger partial charge in [0.1, 0.15) is 6.10 Å². The van der Waals surface area contributed by atoms with Gasteiger partial charge in [-0.05, 0) is 66.9 Å². The molecule has 4 rings (SSSR count). The first-order valence-corrected chi connectivity index (χ1v) is 14.1. The van der Waals surface area contributed by atoms with E-state index in [1.165, 1.54) is 0 Å². The second kappa shape index (κ2) is 14.6. The number of hydroxylamine groups is 1. The molecule has 1 heterocycles. The van der Waals surface area contributed by atoms with Gasteiger partial charge in [0.25, 0.3) is 0 Å². The standard InChI is InChI=1S/C33H41NO9/c1-9-10-11-31(41-26-14-20(2)12-13-24(26)35-3)42-33-29(38-6)17-22(18-30(33)39-7)25-19-23(34-43-25)21-15-27(36-4)32(40-8)28(16-21)37-5/h12-19,25,31,34H,9-11H2,1-8H3. The van der Waals surface area contributed by atoms with E-state index in [4.69, 9.17) is 42.7 Å². The largest absolute Gasteiger partial charge is 0.493 e. The molecule has 1 aliphatic rings. The molecule has 10 heteroatoms. The number of nitrogens with one attached hydrogen (secondary N) is 1. The maximum atomic E-state index is 6.45. The van der Waals surface area contributed by atoms with Gasteiger partial charge in [0.15, 0.2) is 34.5 Å². The molecule has 232 valence electrons. The molecule has 2 atom stereocenters. The predicted octanol–water partition coefficient (Wildman–Crippen LogP) is 6.64. The number of methoxy groups -OCH3 is 6. The fourth-order valence-electron chi connectivity index (χ4n) is 4.74. The highest BCUT2D eigenvalue weighted by atomic mass is 16.7. The molecule has 0 spiro atoms. The molecule has 0 fully saturated rings. The Hall–Kier alpha value is -4.44. The molecule has 0 amide bonds. The third kappa shape index (κ3) is 7.14. The van der Waals surface area contributed by atoms with Crippen molar-refractivity contribution in [3.8, 4) is 46.0 Å². The summed E-state index contributed by atoms with van der Waals surface area (Å²) in [6.07, 6.45) is 3.42. The lowest BCUT2D eigenvalue weighted by Gasteiger charge is -2.24. The van der Waals surface area contributed by atoms with Crippen molar-refractivity contribution >= 4 is 5.70 Å². The van der Waals surface area contributed by atoms with Crippen LogP contribution in [0.2, 0.25) is 0 Å². The van der Waals surface area contributed by atoms with Crippen molar-refractivity contribution < 1.29 is 42.7 Å². The monoisotopic (exact) mass is 595 g/mol. The van der Waals surface area contributed by atoms with Crippen LogP contribution >= 0.6 is 0 Å². The molecule has 0 radical (unpaired) electrons. The van der Waals surface area contributed by atoms with Crippen molar-refractivity contribution in [2.24, 2.45) is 0 Å². The lowest BCUT2D eigenvalue weighted by molar-refractivity contribution is -0.00737. The normalized spacial score (nSPS) is 14.7. The Morgan fingerprint density at radius 2 is 1.30 bits per heavy atom. The molecule has 0 aromatic heterocycles. The number of unbranched alkanes of at least 4 members (excludes halogenated alkanes) is 1.